The zero-order chi connectivity index (χ0) is 6.97. The topological polar surface area (TPSA) is 43.1 Å². The minimum atomic E-state index is 0.669. The fourth-order valence-electron chi connectivity index (χ4n) is 0.726. The lowest BCUT2D eigenvalue weighted by atomic mass is 10.6. The van der Waals surface area contributed by atoms with Crippen molar-refractivity contribution in [3.8, 4) is 0 Å². The summed E-state index contributed by atoms with van der Waals surface area (Å²) in [5.41, 5.74) is 0.793. The Morgan fingerprint density at radius 3 is 3.10 bits per heavy atom. The van der Waals surface area contributed by atoms with Gasteiger partial charge in [0.15, 0.2) is 10.4 Å². The predicted molar refractivity (Wildman–Crippen MR) is 38.5 cm³/mol. The van der Waals surface area contributed by atoms with Gasteiger partial charge in [0.05, 0.1) is 0 Å². The van der Waals surface area contributed by atoms with Gasteiger partial charge in [-0.15, -0.1) is 0 Å². The third kappa shape index (κ3) is 0.706. The van der Waals surface area contributed by atoms with Crippen molar-refractivity contribution in [1.82, 2.24) is 19.6 Å². The van der Waals surface area contributed by atoms with Gasteiger partial charge >= 0.3 is 0 Å². The van der Waals surface area contributed by atoms with Crippen molar-refractivity contribution >= 4 is 21.6 Å². The smallest absolute Gasteiger partial charge is 0.199 e. The van der Waals surface area contributed by atoms with Gasteiger partial charge in [-0.25, -0.2) is 9.97 Å². The number of aromatic nitrogens is 4. The van der Waals surface area contributed by atoms with Crippen molar-refractivity contribution in [2.45, 2.75) is 0 Å². The van der Waals surface area contributed by atoms with Crippen LogP contribution in [0.3, 0.4) is 0 Å². The molecule has 0 spiro atoms. The van der Waals surface area contributed by atoms with E-state index >= 15 is 0 Å². The molecule has 50 valence electrons. The van der Waals surface area contributed by atoms with Crippen molar-refractivity contribution in [2.24, 2.45) is 0 Å². The van der Waals surface area contributed by atoms with Crippen LogP contribution >= 0.6 is 15.9 Å². The number of hydrogen-bond acceptors (Lipinski definition) is 3. The van der Waals surface area contributed by atoms with Crippen LogP contribution in [0.25, 0.3) is 5.65 Å². The summed E-state index contributed by atoms with van der Waals surface area (Å²) >= 11 is 3.23. The van der Waals surface area contributed by atoms with E-state index in [1.807, 2.05) is 0 Å². The van der Waals surface area contributed by atoms with Crippen LogP contribution in [-0.4, -0.2) is 19.6 Å². The molecular weight excluding hydrogens is 196 g/mol. The second-order valence-corrected chi connectivity index (χ2v) is 2.45. The molecule has 0 saturated heterocycles. The first kappa shape index (κ1) is 5.79. The normalized spacial score (nSPS) is 10.5. The molecule has 0 aromatic carbocycles. The Hall–Kier alpha value is -0.970. The molecule has 0 saturated carbocycles. The van der Waals surface area contributed by atoms with Crippen molar-refractivity contribution in [3.63, 3.8) is 0 Å². The van der Waals surface area contributed by atoms with E-state index in [1.165, 1.54) is 6.33 Å². The second-order valence-electron chi connectivity index (χ2n) is 1.74. The second kappa shape index (κ2) is 2.02. The molecule has 0 unspecified atom stereocenters. The summed E-state index contributed by atoms with van der Waals surface area (Å²) in [7, 11) is 0. The van der Waals surface area contributed by atoms with Gasteiger partial charge in [0, 0.05) is 12.3 Å². The SMILES string of the molecule is Brc1nccc2ncnn12. The molecule has 0 fully saturated rings. The van der Waals surface area contributed by atoms with Crippen LogP contribution in [0.5, 0.6) is 0 Å². The summed E-state index contributed by atoms with van der Waals surface area (Å²) in [6.07, 6.45) is 3.16. The summed E-state index contributed by atoms with van der Waals surface area (Å²) in [6, 6.07) is 1.79. The molecule has 10 heavy (non-hydrogen) atoms. The lowest BCUT2D eigenvalue weighted by Crippen LogP contribution is -1.90. The molecular formula is C5H3BrN4. The summed E-state index contributed by atoms with van der Waals surface area (Å²) in [6.45, 7) is 0. The summed E-state index contributed by atoms with van der Waals surface area (Å²) in [5, 5.41) is 3.91. The van der Waals surface area contributed by atoms with E-state index < -0.39 is 0 Å². The maximum Gasteiger partial charge on any atom is 0.199 e. The van der Waals surface area contributed by atoms with E-state index in [1.54, 1.807) is 16.8 Å². The minimum absolute atomic E-state index is 0.669. The van der Waals surface area contributed by atoms with E-state index in [0.717, 1.165) is 5.65 Å². The number of halogens is 1. The van der Waals surface area contributed by atoms with Gasteiger partial charge in [0.25, 0.3) is 0 Å². The molecule has 5 heteroatoms. The highest BCUT2D eigenvalue weighted by molar-refractivity contribution is 9.10. The van der Waals surface area contributed by atoms with E-state index in [-0.39, 0.29) is 0 Å². The molecule has 2 aromatic heterocycles. The largest absolute Gasteiger partial charge is 0.231 e. The van der Waals surface area contributed by atoms with Crippen molar-refractivity contribution in [3.05, 3.63) is 23.3 Å². The Bertz CT molecular complexity index is 355. The van der Waals surface area contributed by atoms with E-state index in [9.17, 15) is 0 Å². The van der Waals surface area contributed by atoms with Crippen LogP contribution in [-0.2, 0) is 0 Å². The molecule has 0 bridgehead atoms. The van der Waals surface area contributed by atoms with Gasteiger partial charge < -0.3 is 0 Å². The van der Waals surface area contributed by atoms with Crippen LogP contribution < -0.4 is 0 Å². The first-order valence-corrected chi connectivity index (χ1v) is 3.47. The molecule has 4 nitrogen and oxygen atoms in total. The van der Waals surface area contributed by atoms with Gasteiger partial charge in [-0.05, 0) is 15.9 Å². The molecule has 0 radical (unpaired) electrons. The van der Waals surface area contributed by atoms with Crippen LogP contribution in [0.4, 0.5) is 0 Å². The highest BCUT2D eigenvalue weighted by atomic mass is 79.9. The monoisotopic (exact) mass is 198 g/mol. The molecule has 2 rings (SSSR count). The van der Waals surface area contributed by atoms with Crippen molar-refractivity contribution < 1.29 is 0 Å². The average Bonchev–Trinajstić information content (AvgIpc) is 2.36. The standard InChI is InChI=1S/C5H3BrN4/c6-5-7-2-1-4-8-3-9-10(4)5/h1-3H. The Kier molecular flexibility index (Phi) is 1.17. The number of rotatable bonds is 0. The Balaban J connectivity index is 2.95. The quantitative estimate of drug-likeness (QED) is 0.591. The minimum Gasteiger partial charge on any atom is -0.231 e. The molecule has 0 aliphatic rings. The molecule has 2 aromatic rings. The highest BCUT2D eigenvalue weighted by Crippen LogP contribution is 2.05. The number of hydrogen-bond donors (Lipinski definition) is 0. The van der Waals surface area contributed by atoms with Gasteiger partial charge in [0.2, 0.25) is 0 Å². The Morgan fingerprint density at radius 2 is 2.30 bits per heavy atom. The van der Waals surface area contributed by atoms with Crippen LogP contribution in [0.1, 0.15) is 0 Å². The van der Waals surface area contributed by atoms with Crippen LogP contribution in [0.15, 0.2) is 23.3 Å². The Morgan fingerprint density at radius 1 is 1.40 bits per heavy atom. The number of fused-ring (bicyclic) bond motifs is 1. The third-order valence-electron chi connectivity index (χ3n) is 1.15. The Labute approximate surface area is 65.0 Å². The summed E-state index contributed by atoms with van der Waals surface area (Å²) in [5.74, 6) is 0. The molecule has 0 amide bonds. The zero-order valence-electron chi connectivity index (χ0n) is 4.90. The third-order valence-corrected chi connectivity index (χ3v) is 1.69. The molecule has 2 heterocycles. The van der Waals surface area contributed by atoms with Gasteiger partial charge in [-0.3, -0.25) is 0 Å². The van der Waals surface area contributed by atoms with Crippen LogP contribution in [0.2, 0.25) is 0 Å². The predicted octanol–water partition coefficient (Wildman–Crippen LogP) is 0.887. The molecule has 0 aliphatic heterocycles. The molecule has 0 aliphatic carbocycles. The maximum atomic E-state index is 3.96. The van der Waals surface area contributed by atoms with Crippen molar-refractivity contribution in [2.75, 3.05) is 0 Å². The first-order valence-electron chi connectivity index (χ1n) is 2.68. The fraction of sp³-hybridized carbons (Fsp3) is 0. The van der Waals surface area contributed by atoms with Gasteiger partial charge in [0.1, 0.15) is 6.33 Å². The maximum absolute atomic E-state index is 3.96. The fourth-order valence-corrected chi connectivity index (χ4v) is 1.12. The van der Waals surface area contributed by atoms with E-state index in [2.05, 4.69) is 31.0 Å². The van der Waals surface area contributed by atoms with E-state index in [4.69, 9.17) is 0 Å². The zero-order valence-corrected chi connectivity index (χ0v) is 6.48. The average molecular weight is 199 g/mol. The first-order chi connectivity index (χ1) is 4.88. The van der Waals surface area contributed by atoms with Crippen LogP contribution in [0, 0.1) is 0 Å². The van der Waals surface area contributed by atoms with Gasteiger partial charge in [-0.1, -0.05) is 0 Å². The van der Waals surface area contributed by atoms with E-state index in [0.29, 0.717) is 4.73 Å². The summed E-state index contributed by atoms with van der Waals surface area (Å²) < 4.78 is 2.28. The highest BCUT2D eigenvalue weighted by Gasteiger charge is 1.96. The molecule has 0 N–H and O–H groups in total. The number of nitrogens with zero attached hydrogens (tertiary/aromatic N) is 4. The van der Waals surface area contributed by atoms with Crippen molar-refractivity contribution in [1.29, 1.82) is 0 Å². The van der Waals surface area contributed by atoms with Gasteiger partial charge in [-0.2, -0.15) is 9.61 Å². The lowest BCUT2D eigenvalue weighted by Gasteiger charge is -1.90. The molecule has 0 atom stereocenters. The lowest BCUT2D eigenvalue weighted by molar-refractivity contribution is 0.887. The summed E-state index contributed by atoms with van der Waals surface area (Å²) in [4.78, 5) is 7.92.